The predicted octanol–water partition coefficient (Wildman–Crippen LogP) is 3.93. The van der Waals surface area contributed by atoms with Crippen molar-refractivity contribution in [2.45, 2.75) is 27.7 Å². The Kier molecular flexibility index (Phi) is 5.16. The SMILES string of the molecule is C=C(N)/C(C)=C\C(C#N)=C(/C)Nc1ccc(C)c(C)c1. The van der Waals surface area contributed by atoms with E-state index < -0.39 is 0 Å². The van der Waals surface area contributed by atoms with Crippen LogP contribution in [0.15, 0.2) is 53.4 Å². The zero-order chi connectivity index (χ0) is 15.3. The van der Waals surface area contributed by atoms with Crippen molar-refractivity contribution in [1.29, 1.82) is 5.26 Å². The number of benzene rings is 1. The van der Waals surface area contributed by atoms with E-state index in [0.29, 0.717) is 11.3 Å². The first-order valence-corrected chi connectivity index (χ1v) is 6.43. The molecule has 0 aromatic heterocycles. The number of anilines is 1. The van der Waals surface area contributed by atoms with E-state index >= 15 is 0 Å². The van der Waals surface area contributed by atoms with Crippen LogP contribution in [0.25, 0.3) is 0 Å². The minimum absolute atomic E-state index is 0.469. The largest absolute Gasteiger partial charge is 0.399 e. The van der Waals surface area contributed by atoms with Gasteiger partial charge in [0.15, 0.2) is 0 Å². The molecule has 0 radical (unpaired) electrons. The fourth-order valence-electron chi connectivity index (χ4n) is 1.64. The van der Waals surface area contributed by atoms with Gasteiger partial charge in [-0.25, -0.2) is 0 Å². The molecule has 1 rings (SSSR count). The maximum Gasteiger partial charge on any atom is 0.101 e. The third-order valence-electron chi connectivity index (χ3n) is 3.23. The van der Waals surface area contributed by atoms with Crippen LogP contribution in [0.5, 0.6) is 0 Å². The molecular weight excluding hydrogens is 246 g/mol. The standard InChI is InChI=1S/C17H21N3/c1-11-6-7-17(9-12(11)2)20-15(5)16(10-18)8-13(3)14(4)19/h6-9,20H,4,19H2,1-3,5H3/b13-8-,16-15-. The van der Waals surface area contributed by atoms with Crippen molar-refractivity contribution in [1.82, 2.24) is 0 Å². The average Bonchev–Trinajstić information content (AvgIpc) is 2.39. The summed E-state index contributed by atoms with van der Waals surface area (Å²) in [7, 11) is 0. The van der Waals surface area contributed by atoms with Crippen molar-refractivity contribution in [2.24, 2.45) is 5.73 Å². The number of hydrogen-bond donors (Lipinski definition) is 2. The number of nitrogens with one attached hydrogen (secondary N) is 1. The van der Waals surface area contributed by atoms with E-state index in [1.807, 2.05) is 19.9 Å². The number of nitrogens with two attached hydrogens (primary N) is 1. The van der Waals surface area contributed by atoms with E-state index in [1.54, 1.807) is 6.08 Å². The van der Waals surface area contributed by atoms with Crippen molar-refractivity contribution in [3.8, 4) is 6.07 Å². The average molecular weight is 267 g/mol. The van der Waals surface area contributed by atoms with Gasteiger partial charge in [-0.05, 0) is 62.6 Å². The summed E-state index contributed by atoms with van der Waals surface area (Å²) in [4.78, 5) is 0. The summed E-state index contributed by atoms with van der Waals surface area (Å²) >= 11 is 0. The van der Waals surface area contributed by atoms with Crippen molar-refractivity contribution >= 4 is 5.69 Å². The Morgan fingerprint density at radius 2 is 1.95 bits per heavy atom. The third-order valence-corrected chi connectivity index (χ3v) is 3.23. The van der Waals surface area contributed by atoms with Crippen LogP contribution in [-0.4, -0.2) is 0 Å². The van der Waals surface area contributed by atoms with Gasteiger partial charge in [-0.2, -0.15) is 5.26 Å². The van der Waals surface area contributed by atoms with E-state index in [2.05, 4.69) is 43.9 Å². The summed E-state index contributed by atoms with van der Waals surface area (Å²) < 4.78 is 0. The first kappa shape index (κ1) is 15.6. The quantitative estimate of drug-likeness (QED) is 0.641. The van der Waals surface area contributed by atoms with Crippen molar-refractivity contribution in [3.05, 3.63) is 64.5 Å². The number of nitrogens with zero attached hydrogens (tertiary/aromatic N) is 1. The molecule has 1 aromatic rings. The maximum absolute atomic E-state index is 9.24. The van der Waals surface area contributed by atoms with Gasteiger partial charge in [0, 0.05) is 17.1 Å². The van der Waals surface area contributed by atoms with Gasteiger partial charge in [-0.1, -0.05) is 12.6 Å². The number of allylic oxidation sites excluding steroid dienone is 4. The van der Waals surface area contributed by atoms with Gasteiger partial charge in [0.05, 0.1) is 5.57 Å². The molecule has 0 amide bonds. The Hall–Kier alpha value is -2.47. The molecule has 0 fully saturated rings. The molecule has 0 aliphatic rings. The first-order chi connectivity index (χ1) is 9.35. The van der Waals surface area contributed by atoms with Crippen molar-refractivity contribution < 1.29 is 0 Å². The maximum atomic E-state index is 9.24. The van der Waals surface area contributed by atoms with Crippen LogP contribution >= 0.6 is 0 Å². The van der Waals surface area contributed by atoms with Crippen molar-refractivity contribution in [3.63, 3.8) is 0 Å². The summed E-state index contributed by atoms with van der Waals surface area (Å²) in [6, 6.07) is 8.29. The summed E-state index contributed by atoms with van der Waals surface area (Å²) in [5.74, 6) is 0. The molecule has 0 spiro atoms. The summed E-state index contributed by atoms with van der Waals surface area (Å²) in [5, 5.41) is 12.5. The zero-order valence-electron chi connectivity index (χ0n) is 12.5. The minimum atomic E-state index is 0.469. The van der Waals surface area contributed by atoms with Gasteiger partial charge in [-0.3, -0.25) is 0 Å². The molecule has 3 nitrogen and oxygen atoms in total. The molecule has 3 heteroatoms. The third kappa shape index (κ3) is 4.03. The van der Waals surface area contributed by atoms with E-state index in [-0.39, 0.29) is 0 Å². The van der Waals surface area contributed by atoms with E-state index in [1.165, 1.54) is 11.1 Å². The van der Waals surface area contributed by atoms with Gasteiger partial charge in [-0.15, -0.1) is 0 Å². The number of hydrogen-bond acceptors (Lipinski definition) is 3. The molecule has 1 aromatic carbocycles. The monoisotopic (exact) mass is 267 g/mol. The Bertz CT molecular complexity index is 628. The first-order valence-electron chi connectivity index (χ1n) is 6.43. The molecule has 0 unspecified atom stereocenters. The predicted molar refractivity (Wildman–Crippen MR) is 84.9 cm³/mol. The molecule has 0 heterocycles. The van der Waals surface area contributed by atoms with Crippen LogP contribution in [0.1, 0.15) is 25.0 Å². The van der Waals surface area contributed by atoms with E-state index in [4.69, 9.17) is 5.73 Å². The highest BCUT2D eigenvalue weighted by molar-refractivity contribution is 5.55. The molecule has 20 heavy (non-hydrogen) atoms. The lowest BCUT2D eigenvalue weighted by Gasteiger charge is -2.10. The zero-order valence-corrected chi connectivity index (χ0v) is 12.5. The molecule has 0 bridgehead atoms. The van der Waals surface area contributed by atoms with Crippen LogP contribution in [0.4, 0.5) is 5.69 Å². The number of nitriles is 1. The second kappa shape index (κ2) is 6.63. The van der Waals surface area contributed by atoms with E-state index in [0.717, 1.165) is 17.0 Å². The van der Waals surface area contributed by atoms with Gasteiger partial charge in [0.2, 0.25) is 0 Å². The molecule has 3 N–H and O–H groups in total. The lowest BCUT2D eigenvalue weighted by Crippen LogP contribution is -2.01. The van der Waals surface area contributed by atoms with E-state index in [9.17, 15) is 5.26 Å². The highest BCUT2D eigenvalue weighted by Crippen LogP contribution is 2.18. The Balaban J connectivity index is 3.07. The highest BCUT2D eigenvalue weighted by Gasteiger charge is 2.02. The normalized spacial score (nSPS) is 12.4. The van der Waals surface area contributed by atoms with Crippen LogP contribution in [0, 0.1) is 25.2 Å². The summed E-state index contributed by atoms with van der Waals surface area (Å²) in [6.45, 7) is 11.5. The summed E-state index contributed by atoms with van der Waals surface area (Å²) in [6.07, 6.45) is 1.74. The lowest BCUT2D eigenvalue weighted by atomic mass is 10.1. The molecule has 0 aliphatic carbocycles. The van der Waals surface area contributed by atoms with Crippen LogP contribution in [-0.2, 0) is 0 Å². The smallest absolute Gasteiger partial charge is 0.101 e. The van der Waals surface area contributed by atoms with Gasteiger partial charge < -0.3 is 11.1 Å². The Labute approximate surface area is 121 Å². The Morgan fingerprint density at radius 3 is 2.45 bits per heavy atom. The second-order valence-corrected chi connectivity index (χ2v) is 4.93. The topological polar surface area (TPSA) is 61.8 Å². The molecule has 0 saturated carbocycles. The van der Waals surface area contributed by atoms with Crippen LogP contribution in [0.3, 0.4) is 0 Å². The molecule has 0 saturated heterocycles. The second-order valence-electron chi connectivity index (χ2n) is 4.93. The molecule has 0 aliphatic heterocycles. The number of rotatable bonds is 4. The van der Waals surface area contributed by atoms with Gasteiger partial charge in [0.1, 0.15) is 6.07 Å². The molecule has 0 atom stereocenters. The van der Waals surface area contributed by atoms with Crippen molar-refractivity contribution in [2.75, 3.05) is 5.32 Å². The van der Waals surface area contributed by atoms with Crippen LogP contribution < -0.4 is 11.1 Å². The highest BCUT2D eigenvalue weighted by atomic mass is 14.9. The molecular formula is C17H21N3. The van der Waals surface area contributed by atoms with Gasteiger partial charge >= 0.3 is 0 Å². The minimum Gasteiger partial charge on any atom is -0.399 e. The lowest BCUT2D eigenvalue weighted by molar-refractivity contribution is 1.26. The fraction of sp³-hybridized carbons (Fsp3) is 0.235. The fourth-order valence-corrected chi connectivity index (χ4v) is 1.64. The number of aryl methyl sites for hydroxylation is 2. The van der Waals surface area contributed by atoms with Crippen LogP contribution in [0.2, 0.25) is 0 Å². The Morgan fingerprint density at radius 1 is 1.30 bits per heavy atom. The molecule has 104 valence electrons. The summed E-state index contributed by atoms with van der Waals surface area (Å²) in [5.41, 5.74) is 11.6. The van der Waals surface area contributed by atoms with Gasteiger partial charge in [0.25, 0.3) is 0 Å².